The summed E-state index contributed by atoms with van der Waals surface area (Å²) in [4.78, 5) is 2.54. The van der Waals surface area contributed by atoms with Crippen LogP contribution < -0.4 is 10.6 Å². The summed E-state index contributed by atoms with van der Waals surface area (Å²) in [7, 11) is 0. The molecule has 0 radical (unpaired) electrons. The van der Waals surface area contributed by atoms with Gasteiger partial charge in [0.05, 0.1) is 6.67 Å². The highest BCUT2D eigenvalue weighted by Gasteiger charge is 2.16. The van der Waals surface area contributed by atoms with Crippen LogP contribution in [0.5, 0.6) is 0 Å². The number of hydrogen-bond acceptors (Lipinski definition) is 3. The number of anilines is 1. The highest BCUT2D eigenvalue weighted by molar-refractivity contribution is 5.42. The Morgan fingerprint density at radius 2 is 2.26 bits per heavy atom. The molecule has 1 unspecified atom stereocenters. The molecule has 1 saturated heterocycles. The molecule has 0 aliphatic carbocycles. The summed E-state index contributed by atoms with van der Waals surface area (Å²) in [5.41, 5.74) is 0.818. The zero-order valence-electron chi connectivity index (χ0n) is 11.7. The fourth-order valence-corrected chi connectivity index (χ4v) is 2.56. The lowest BCUT2D eigenvalue weighted by molar-refractivity contribution is 0.162. The van der Waals surface area contributed by atoms with Gasteiger partial charge >= 0.3 is 0 Å². The van der Waals surface area contributed by atoms with Crippen molar-refractivity contribution in [3.8, 4) is 0 Å². The van der Waals surface area contributed by atoms with Gasteiger partial charge in [0, 0.05) is 24.8 Å². The average Bonchev–Trinajstić information content (AvgIpc) is 2.40. The van der Waals surface area contributed by atoms with Crippen molar-refractivity contribution in [2.24, 2.45) is 0 Å². The van der Waals surface area contributed by atoms with Crippen molar-refractivity contribution in [3.63, 3.8) is 0 Å². The van der Waals surface area contributed by atoms with Crippen molar-refractivity contribution in [1.29, 1.82) is 0 Å². The van der Waals surface area contributed by atoms with Gasteiger partial charge in [-0.1, -0.05) is 12.5 Å². The van der Waals surface area contributed by atoms with E-state index in [-0.39, 0.29) is 5.82 Å². The Kier molecular flexibility index (Phi) is 5.61. The Bertz CT molecular complexity index is 383. The minimum absolute atomic E-state index is 0.202. The molecule has 0 saturated carbocycles. The monoisotopic (exact) mass is 265 g/mol. The van der Waals surface area contributed by atoms with Crippen LogP contribution in [0.3, 0.4) is 0 Å². The van der Waals surface area contributed by atoms with E-state index in [1.807, 2.05) is 6.07 Å². The van der Waals surface area contributed by atoms with Crippen molar-refractivity contribution in [1.82, 2.24) is 10.2 Å². The molecule has 0 amide bonds. The lowest BCUT2D eigenvalue weighted by Gasteiger charge is -2.33. The van der Waals surface area contributed by atoms with Gasteiger partial charge in [0.15, 0.2) is 0 Å². The maximum atomic E-state index is 13.0. The first-order valence-corrected chi connectivity index (χ1v) is 7.20. The maximum absolute atomic E-state index is 13.0. The van der Waals surface area contributed by atoms with E-state index >= 15 is 0 Å². The summed E-state index contributed by atoms with van der Waals surface area (Å²) in [5.74, 6) is -0.202. The molecular weight excluding hydrogens is 241 g/mol. The lowest BCUT2D eigenvalue weighted by atomic mass is 10.0. The predicted octanol–water partition coefficient (Wildman–Crippen LogP) is 2.66. The Morgan fingerprint density at radius 1 is 1.37 bits per heavy atom. The number of hydrogen-bond donors (Lipinski definition) is 2. The number of nitrogens with one attached hydrogen (secondary N) is 2. The third-order valence-corrected chi connectivity index (χ3v) is 3.76. The molecule has 1 heterocycles. The molecule has 2 rings (SSSR count). The van der Waals surface area contributed by atoms with Crippen LogP contribution in [0, 0.1) is 5.82 Å². The lowest BCUT2D eigenvalue weighted by Crippen LogP contribution is -2.42. The molecule has 1 aromatic rings. The SMILES string of the molecule is CC1CCCCN1CCNCNc1cccc(F)c1. The van der Waals surface area contributed by atoms with Crippen LogP contribution in [-0.2, 0) is 0 Å². The van der Waals surface area contributed by atoms with E-state index in [0.29, 0.717) is 12.7 Å². The smallest absolute Gasteiger partial charge is 0.125 e. The summed E-state index contributed by atoms with van der Waals surface area (Å²) in [6.07, 6.45) is 4.01. The van der Waals surface area contributed by atoms with Crippen LogP contribution in [0.1, 0.15) is 26.2 Å². The van der Waals surface area contributed by atoms with Crippen LogP contribution >= 0.6 is 0 Å². The summed E-state index contributed by atoms with van der Waals surface area (Å²) in [5, 5.41) is 6.51. The van der Waals surface area contributed by atoms with E-state index in [1.165, 1.54) is 37.9 Å². The van der Waals surface area contributed by atoms with Gasteiger partial charge in [-0.05, 0) is 44.5 Å². The van der Waals surface area contributed by atoms with E-state index in [0.717, 1.165) is 18.8 Å². The third kappa shape index (κ3) is 4.80. The van der Waals surface area contributed by atoms with E-state index in [4.69, 9.17) is 0 Å². The molecule has 106 valence electrons. The number of piperidine rings is 1. The van der Waals surface area contributed by atoms with Gasteiger partial charge < -0.3 is 5.32 Å². The van der Waals surface area contributed by atoms with E-state index < -0.39 is 0 Å². The first-order chi connectivity index (χ1) is 9.25. The number of halogens is 1. The molecule has 19 heavy (non-hydrogen) atoms. The molecule has 3 nitrogen and oxygen atoms in total. The minimum atomic E-state index is -0.202. The summed E-state index contributed by atoms with van der Waals surface area (Å²) in [6.45, 7) is 6.26. The Hall–Kier alpha value is -1.13. The van der Waals surface area contributed by atoms with Crippen molar-refractivity contribution in [2.75, 3.05) is 31.6 Å². The average molecular weight is 265 g/mol. The molecule has 2 N–H and O–H groups in total. The number of benzene rings is 1. The number of nitrogens with zero attached hydrogens (tertiary/aromatic N) is 1. The fourth-order valence-electron chi connectivity index (χ4n) is 2.56. The highest BCUT2D eigenvalue weighted by atomic mass is 19.1. The van der Waals surface area contributed by atoms with E-state index in [2.05, 4.69) is 22.5 Å². The number of likely N-dealkylation sites (tertiary alicyclic amines) is 1. The molecule has 1 aromatic carbocycles. The first-order valence-electron chi connectivity index (χ1n) is 7.20. The zero-order chi connectivity index (χ0) is 13.5. The summed E-state index contributed by atoms with van der Waals surface area (Å²) in [6, 6.07) is 7.27. The van der Waals surface area contributed by atoms with Crippen LogP contribution in [-0.4, -0.2) is 37.2 Å². The van der Waals surface area contributed by atoms with Gasteiger partial charge in [-0.3, -0.25) is 10.2 Å². The molecule has 1 fully saturated rings. The van der Waals surface area contributed by atoms with Gasteiger partial charge in [-0.25, -0.2) is 4.39 Å². The Morgan fingerprint density at radius 3 is 3.05 bits per heavy atom. The predicted molar refractivity (Wildman–Crippen MR) is 77.8 cm³/mol. The van der Waals surface area contributed by atoms with Crippen molar-refractivity contribution >= 4 is 5.69 Å². The van der Waals surface area contributed by atoms with Crippen LogP contribution in [0.15, 0.2) is 24.3 Å². The summed E-state index contributed by atoms with van der Waals surface area (Å²) < 4.78 is 13.0. The molecule has 0 aromatic heterocycles. The van der Waals surface area contributed by atoms with Crippen molar-refractivity contribution in [3.05, 3.63) is 30.1 Å². The van der Waals surface area contributed by atoms with Gasteiger partial charge in [-0.2, -0.15) is 0 Å². The second kappa shape index (κ2) is 7.46. The normalized spacial score (nSPS) is 20.4. The van der Waals surface area contributed by atoms with Gasteiger partial charge in [-0.15, -0.1) is 0 Å². The standard InChI is InChI=1S/C15H24FN3/c1-13-5-2-3-9-19(13)10-8-17-12-18-15-7-4-6-14(16)11-15/h4,6-7,11,13,17-18H,2-3,5,8-10,12H2,1H3. The maximum Gasteiger partial charge on any atom is 0.125 e. The third-order valence-electron chi connectivity index (χ3n) is 3.76. The van der Waals surface area contributed by atoms with Crippen LogP contribution in [0.25, 0.3) is 0 Å². The number of rotatable bonds is 6. The second-order valence-corrected chi connectivity index (χ2v) is 5.24. The second-order valence-electron chi connectivity index (χ2n) is 5.24. The largest absolute Gasteiger partial charge is 0.372 e. The fraction of sp³-hybridized carbons (Fsp3) is 0.600. The molecule has 1 aliphatic heterocycles. The van der Waals surface area contributed by atoms with E-state index in [1.54, 1.807) is 6.07 Å². The summed E-state index contributed by atoms with van der Waals surface area (Å²) >= 11 is 0. The van der Waals surface area contributed by atoms with Crippen LogP contribution in [0.2, 0.25) is 0 Å². The molecule has 4 heteroatoms. The molecular formula is C15H24FN3. The van der Waals surface area contributed by atoms with Gasteiger partial charge in [0.1, 0.15) is 5.82 Å². The minimum Gasteiger partial charge on any atom is -0.372 e. The Balaban J connectivity index is 1.59. The Labute approximate surface area is 115 Å². The molecule has 1 atom stereocenters. The van der Waals surface area contributed by atoms with Gasteiger partial charge in [0.2, 0.25) is 0 Å². The van der Waals surface area contributed by atoms with Crippen LogP contribution in [0.4, 0.5) is 10.1 Å². The quantitative estimate of drug-likeness (QED) is 0.611. The van der Waals surface area contributed by atoms with Crippen molar-refractivity contribution in [2.45, 2.75) is 32.2 Å². The van der Waals surface area contributed by atoms with Crippen molar-refractivity contribution < 1.29 is 4.39 Å². The van der Waals surface area contributed by atoms with E-state index in [9.17, 15) is 4.39 Å². The van der Waals surface area contributed by atoms with Gasteiger partial charge in [0.25, 0.3) is 0 Å². The molecule has 0 spiro atoms. The highest BCUT2D eigenvalue weighted by Crippen LogP contribution is 2.15. The molecule has 0 bridgehead atoms. The zero-order valence-corrected chi connectivity index (χ0v) is 11.7. The topological polar surface area (TPSA) is 27.3 Å². The molecule has 1 aliphatic rings. The first kappa shape index (κ1) is 14.3.